The van der Waals surface area contributed by atoms with Crippen molar-refractivity contribution < 1.29 is 19.4 Å². The van der Waals surface area contributed by atoms with E-state index in [0.717, 1.165) is 0 Å². The second-order valence-electron chi connectivity index (χ2n) is 4.16. The van der Waals surface area contributed by atoms with Gasteiger partial charge in [-0.1, -0.05) is 20.8 Å². The lowest BCUT2D eigenvalue weighted by Gasteiger charge is -2.16. The standard InChI is InChI=1S/C9H16O4/c1-9(2,3)4-7(10)5-13-6-8(11)12/h4-6H2,1-3H3,(H,11,12). The first-order chi connectivity index (χ1) is 5.81. The van der Waals surface area contributed by atoms with Gasteiger partial charge in [-0.2, -0.15) is 0 Å². The molecule has 4 heteroatoms. The Morgan fingerprint density at radius 1 is 1.23 bits per heavy atom. The highest BCUT2D eigenvalue weighted by Crippen LogP contribution is 2.18. The zero-order valence-electron chi connectivity index (χ0n) is 8.29. The molecule has 13 heavy (non-hydrogen) atoms. The molecule has 0 aliphatic heterocycles. The van der Waals surface area contributed by atoms with Crippen LogP contribution in [0.25, 0.3) is 0 Å². The van der Waals surface area contributed by atoms with Crippen molar-refractivity contribution >= 4 is 11.8 Å². The molecule has 0 aromatic rings. The zero-order chi connectivity index (χ0) is 10.5. The summed E-state index contributed by atoms with van der Waals surface area (Å²) in [6.07, 6.45) is 0.409. The summed E-state index contributed by atoms with van der Waals surface area (Å²) >= 11 is 0. The quantitative estimate of drug-likeness (QED) is 0.701. The Hall–Kier alpha value is -0.900. The molecule has 76 valence electrons. The highest BCUT2D eigenvalue weighted by Gasteiger charge is 2.15. The Labute approximate surface area is 77.9 Å². The molecule has 0 bridgehead atoms. The Balaban J connectivity index is 3.59. The van der Waals surface area contributed by atoms with E-state index < -0.39 is 12.6 Å². The van der Waals surface area contributed by atoms with Crippen molar-refractivity contribution in [3.05, 3.63) is 0 Å². The van der Waals surface area contributed by atoms with Crippen molar-refractivity contribution in [3.8, 4) is 0 Å². The van der Waals surface area contributed by atoms with Gasteiger partial charge in [0.1, 0.15) is 13.2 Å². The van der Waals surface area contributed by atoms with E-state index in [4.69, 9.17) is 5.11 Å². The summed E-state index contributed by atoms with van der Waals surface area (Å²) < 4.78 is 4.65. The zero-order valence-corrected chi connectivity index (χ0v) is 8.29. The lowest BCUT2D eigenvalue weighted by atomic mass is 9.90. The molecule has 0 heterocycles. The number of hydrogen-bond donors (Lipinski definition) is 1. The molecule has 1 N–H and O–H groups in total. The lowest BCUT2D eigenvalue weighted by Crippen LogP contribution is -2.19. The van der Waals surface area contributed by atoms with Gasteiger partial charge in [-0.3, -0.25) is 4.79 Å². The Bertz CT molecular complexity index is 190. The minimum absolute atomic E-state index is 0.0613. The fraction of sp³-hybridized carbons (Fsp3) is 0.778. The second-order valence-corrected chi connectivity index (χ2v) is 4.16. The smallest absolute Gasteiger partial charge is 0.329 e. The maximum absolute atomic E-state index is 11.1. The summed E-state index contributed by atoms with van der Waals surface area (Å²) in [5, 5.41) is 8.22. The van der Waals surface area contributed by atoms with E-state index in [2.05, 4.69) is 4.74 Å². The SMILES string of the molecule is CC(C)(C)CC(=O)COCC(=O)O. The molecule has 0 aliphatic rings. The summed E-state index contributed by atoms with van der Waals surface area (Å²) in [5.74, 6) is -1.11. The van der Waals surface area contributed by atoms with E-state index in [9.17, 15) is 9.59 Å². The molecule has 0 aliphatic carbocycles. The molecule has 0 amide bonds. The van der Waals surface area contributed by atoms with Crippen molar-refractivity contribution in [1.29, 1.82) is 0 Å². The summed E-state index contributed by atoms with van der Waals surface area (Å²) in [4.78, 5) is 21.2. The number of carbonyl (C=O) groups is 2. The Kier molecular flexibility index (Phi) is 4.62. The molecule has 0 unspecified atom stereocenters. The molecule has 0 fully saturated rings. The lowest BCUT2D eigenvalue weighted by molar-refractivity contribution is -0.143. The molecule has 0 aromatic heterocycles. The van der Waals surface area contributed by atoms with Gasteiger partial charge in [-0.25, -0.2) is 4.79 Å². The van der Waals surface area contributed by atoms with E-state index >= 15 is 0 Å². The molecule has 0 saturated carbocycles. The molecule has 0 atom stereocenters. The Morgan fingerprint density at radius 3 is 2.15 bits per heavy atom. The maximum atomic E-state index is 11.1. The number of ether oxygens (including phenoxy) is 1. The normalized spacial score (nSPS) is 11.3. The van der Waals surface area contributed by atoms with E-state index in [0.29, 0.717) is 6.42 Å². The minimum Gasteiger partial charge on any atom is -0.480 e. The fourth-order valence-electron chi connectivity index (χ4n) is 0.895. The summed E-state index contributed by atoms with van der Waals surface area (Å²) in [6, 6.07) is 0. The third kappa shape index (κ3) is 9.01. The fourth-order valence-corrected chi connectivity index (χ4v) is 0.895. The molecular formula is C9H16O4. The summed E-state index contributed by atoms with van der Waals surface area (Å²) in [7, 11) is 0. The summed E-state index contributed by atoms with van der Waals surface area (Å²) in [5.41, 5.74) is -0.0658. The van der Waals surface area contributed by atoms with Gasteiger partial charge in [0.25, 0.3) is 0 Å². The van der Waals surface area contributed by atoms with Gasteiger partial charge in [0.2, 0.25) is 0 Å². The van der Waals surface area contributed by atoms with Gasteiger partial charge in [0.05, 0.1) is 0 Å². The average Bonchev–Trinajstić information content (AvgIpc) is 1.81. The van der Waals surface area contributed by atoms with Gasteiger partial charge in [0.15, 0.2) is 5.78 Å². The number of aliphatic carboxylic acids is 1. The number of carbonyl (C=O) groups excluding carboxylic acids is 1. The topological polar surface area (TPSA) is 63.6 Å². The number of hydrogen-bond acceptors (Lipinski definition) is 3. The van der Waals surface area contributed by atoms with Crippen LogP contribution >= 0.6 is 0 Å². The van der Waals surface area contributed by atoms with Crippen molar-refractivity contribution in [2.45, 2.75) is 27.2 Å². The third-order valence-electron chi connectivity index (χ3n) is 1.22. The molecular weight excluding hydrogens is 172 g/mol. The molecule has 0 aromatic carbocycles. The third-order valence-corrected chi connectivity index (χ3v) is 1.22. The van der Waals surface area contributed by atoms with E-state index in [1.54, 1.807) is 0 Å². The molecule has 0 spiro atoms. The number of ketones is 1. The van der Waals surface area contributed by atoms with Crippen LogP contribution in [-0.4, -0.2) is 30.1 Å². The first-order valence-electron chi connectivity index (χ1n) is 4.12. The number of Topliss-reactive ketones (excluding diaryl/α,β-unsaturated/α-hetero) is 1. The monoisotopic (exact) mass is 188 g/mol. The van der Waals surface area contributed by atoms with Crippen LogP contribution in [-0.2, 0) is 14.3 Å². The van der Waals surface area contributed by atoms with E-state index in [1.165, 1.54) is 0 Å². The van der Waals surface area contributed by atoms with Crippen LogP contribution in [0.5, 0.6) is 0 Å². The highest BCUT2D eigenvalue weighted by molar-refractivity contribution is 5.80. The van der Waals surface area contributed by atoms with Crippen molar-refractivity contribution in [2.75, 3.05) is 13.2 Å². The van der Waals surface area contributed by atoms with Crippen LogP contribution in [0, 0.1) is 5.41 Å². The number of rotatable bonds is 5. The van der Waals surface area contributed by atoms with Crippen LogP contribution in [0.3, 0.4) is 0 Å². The second kappa shape index (κ2) is 4.97. The molecule has 4 nitrogen and oxygen atoms in total. The maximum Gasteiger partial charge on any atom is 0.329 e. The number of carboxylic acid groups (broad SMARTS) is 1. The van der Waals surface area contributed by atoms with Gasteiger partial charge < -0.3 is 9.84 Å². The molecule has 0 saturated heterocycles. The van der Waals surface area contributed by atoms with Crippen LogP contribution in [0.1, 0.15) is 27.2 Å². The van der Waals surface area contributed by atoms with Gasteiger partial charge in [-0.15, -0.1) is 0 Å². The summed E-state index contributed by atoms with van der Waals surface area (Å²) in [6.45, 7) is 5.33. The van der Waals surface area contributed by atoms with Crippen molar-refractivity contribution in [1.82, 2.24) is 0 Å². The van der Waals surface area contributed by atoms with Crippen LogP contribution in [0.2, 0.25) is 0 Å². The predicted octanol–water partition coefficient (Wildman–Crippen LogP) is 1.09. The minimum atomic E-state index is -1.05. The van der Waals surface area contributed by atoms with Gasteiger partial charge >= 0.3 is 5.97 Å². The van der Waals surface area contributed by atoms with Crippen LogP contribution < -0.4 is 0 Å². The Morgan fingerprint density at radius 2 is 1.77 bits per heavy atom. The largest absolute Gasteiger partial charge is 0.480 e. The van der Waals surface area contributed by atoms with Crippen molar-refractivity contribution in [2.24, 2.45) is 5.41 Å². The first-order valence-corrected chi connectivity index (χ1v) is 4.12. The van der Waals surface area contributed by atoms with Gasteiger partial charge in [-0.05, 0) is 5.41 Å². The predicted molar refractivity (Wildman–Crippen MR) is 47.5 cm³/mol. The molecule has 0 radical (unpaired) electrons. The average molecular weight is 188 g/mol. The first kappa shape index (κ1) is 12.1. The molecule has 0 rings (SSSR count). The van der Waals surface area contributed by atoms with Gasteiger partial charge in [0, 0.05) is 6.42 Å². The van der Waals surface area contributed by atoms with Crippen molar-refractivity contribution in [3.63, 3.8) is 0 Å². The van der Waals surface area contributed by atoms with Crippen LogP contribution in [0.15, 0.2) is 0 Å². The van der Waals surface area contributed by atoms with E-state index in [1.807, 2.05) is 20.8 Å². The van der Waals surface area contributed by atoms with Crippen LogP contribution in [0.4, 0.5) is 0 Å². The van der Waals surface area contributed by atoms with E-state index in [-0.39, 0.29) is 17.8 Å². The number of carboxylic acids is 1. The highest BCUT2D eigenvalue weighted by atomic mass is 16.5.